The number of imidazole rings is 3. The molecule has 0 saturated carbocycles. The minimum Gasteiger partial charge on any atom is -0.361 e. The molecule has 28 heavy (non-hydrogen) atoms. The standard InChI is InChI=1S/C19H28N6O3/c1-4-26-13-23-10-7-20-17(23)16(18-21-8-11-24(18)14-27-5-2)19-22-9-12-25(19)15-28-6-3/h7-12,16H,4-6,13-15H2,1-3H3. The maximum absolute atomic E-state index is 5.61. The largest absolute Gasteiger partial charge is 0.361 e. The number of nitrogens with zero attached hydrogens (tertiary/aromatic N) is 6. The highest BCUT2D eigenvalue weighted by molar-refractivity contribution is 5.25. The first-order chi connectivity index (χ1) is 13.8. The second-order valence-electron chi connectivity index (χ2n) is 6.06. The Balaban J connectivity index is 2.04. The molecule has 3 aromatic heterocycles. The molecule has 152 valence electrons. The molecular formula is C19H28N6O3. The average molecular weight is 388 g/mol. The van der Waals surface area contributed by atoms with Crippen LogP contribution in [-0.4, -0.2) is 48.5 Å². The molecule has 0 spiro atoms. The van der Waals surface area contributed by atoms with Crippen molar-refractivity contribution >= 4 is 0 Å². The fourth-order valence-corrected chi connectivity index (χ4v) is 2.99. The van der Waals surface area contributed by atoms with E-state index in [1.165, 1.54) is 0 Å². The van der Waals surface area contributed by atoms with E-state index in [9.17, 15) is 0 Å². The van der Waals surface area contributed by atoms with E-state index in [2.05, 4.69) is 15.0 Å². The van der Waals surface area contributed by atoms with Gasteiger partial charge < -0.3 is 27.9 Å². The molecule has 0 N–H and O–H groups in total. The van der Waals surface area contributed by atoms with E-state index < -0.39 is 0 Å². The summed E-state index contributed by atoms with van der Waals surface area (Å²) in [7, 11) is 0. The molecule has 0 bridgehead atoms. The molecule has 0 radical (unpaired) electrons. The number of rotatable bonds is 12. The second kappa shape index (κ2) is 10.2. The zero-order valence-corrected chi connectivity index (χ0v) is 16.7. The molecule has 0 aliphatic rings. The van der Waals surface area contributed by atoms with E-state index in [0.717, 1.165) is 17.5 Å². The van der Waals surface area contributed by atoms with Gasteiger partial charge in [-0.3, -0.25) is 0 Å². The molecule has 0 saturated heterocycles. The zero-order chi connectivity index (χ0) is 19.8. The van der Waals surface area contributed by atoms with Gasteiger partial charge in [0, 0.05) is 57.0 Å². The molecule has 3 aromatic rings. The van der Waals surface area contributed by atoms with Gasteiger partial charge in [-0.25, -0.2) is 15.0 Å². The molecule has 0 fully saturated rings. The number of hydrogen-bond acceptors (Lipinski definition) is 6. The van der Waals surface area contributed by atoms with E-state index in [1.54, 1.807) is 18.6 Å². The highest BCUT2D eigenvalue weighted by atomic mass is 16.5. The molecule has 0 aliphatic heterocycles. The minimum atomic E-state index is -0.290. The first-order valence-electron chi connectivity index (χ1n) is 9.56. The van der Waals surface area contributed by atoms with Gasteiger partial charge in [-0.2, -0.15) is 0 Å². The molecule has 9 nitrogen and oxygen atoms in total. The Kier molecular flexibility index (Phi) is 7.35. The lowest BCUT2D eigenvalue weighted by atomic mass is 10.1. The van der Waals surface area contributed by atoms with Crippen LogP contribution in [0, 0.1) is 0 Å². The number of ether oxygens (including phenoxy) is 3. The summed E-state index contributed by atoms with van der Waals surface area (Å²) in [6.45, 7) is 9.04. The highest BCUT2D eigenvalue weighted by Gasteiger charge is 2.29. The van der Waals surface area contributed by atoms with Crippen LogP contribution in [0.15, 0.2) is 37.2 Å². The summed E-state index contributed by atoms with van der Waals surface area (Å²) < 4.78 is 22.8. The van der Waals surface area contributed by atoms with Gasteiger partial charge in [0.15, 0.2) is 0 Å². The van der Waals surface area contributed by atoms with Gasteiger partial charge in [-0.05, 0) is 20.8 Å². The summed E-state index contributed by atoms with van der Waals surface area (Å²) >= 11 is 0. The summed E-state index contributed by atoms with van der Waals surface area (Å²) in [6, 6.07) is 0. The van der Waals surface area contributed by atoms with Gasteiger partial charge in [0.25, 0.3) is 0 Å². The molecule has 0 aliphatic carbocycles. The SMILES string of the molecule is CCOCn1ccnc1C(c1nccn1COCC)c1nccn1COCC. The van der Waals surface area contributed by atoms with Crippen LogP contribution in [0.1, 0.15) is 44.2 Å². The number of hydrogen-bond donors (Lipinski definition) is 0. The maximum Gasteiger partial charge on any atom is 0.133 e. The van der Waals surface area contributed by atoms with Crippen LogP contribution in [0.2, 0.25) is 0 Å². The van der Waals surface area contributed by atoms with Crippen molar-refractivity contribution in [3.8, 4) is 0 Å². The molecule has 0 atom stereocenters. The minimum absolute atomic E-state index is 0.290. The summed E-state index contributed by atoms with van der Waals surface area (Å²) in [5.74, 6) is 2.13. The predicted octanol–water partition coefficient (Wildman–Crippen LogP) is 2.44. The average Bonchev–Trinajstić information content (AvgIpc) is 3.46. The van der Waals surface area contributed by atoms with Crippen molar-refractivity contribution in [3.63, 3.8) is 0 Å². The summed E-state index contributed by atoms with van der Waals surface area (Å²) in [5.41, 5.74) is 0. The van der Waals surface area contributed by atoms with E-state index in [4.69, 9.17) is 14.2 Å². The number of aromatic nitrogens is 6. The second-order valence-corrected chi connectivity index (χ2v) is 6.06. The van der Waals surface area contributed by atoms with E-state index in [-0.39, 0.29) is 5.92 Å². The topological polar surface area (TPSA) is 81.1 Å². The van der Waals surface area contributed by atoms with Crippen molar-refractivity contribution in [1.29, 1.82) is 0 Å². The van der Waals surface area contributed by atoms with Crippen LogP contribution in [-0.2, 0) is 34.4 Å². The van der Waals surface area contributed by atoms with Crippen LogP contribution in [0.4, 0.5) is 0 Å². The third kappa shape index (κ3) is 4.49. The first-order valence-corrected chi connectivity index (χ1v) is 9.56. The molecule has 3 rings (SSSR count). The molecule has 9 heteroatoms. The Hall–Kier alpha value is -2.49. The zero-order valence-electron chi connectivity index (χ0n) is 16.7. The smallest absolute Gasteiger partial charge is 0.133 e. The monoisotopic (exact) mass is 388 g/mol. The van der Waals surface area contributed by atoms with Crippen molar-refractivity contribution in [3.05, 3.63) is 54.7 Å². The Morgan fingerprint density at radius 3 is 1.25 bits per heavy atom. The van der Waals surface area contributed by atoms with Crippen LogP contribution < -0.4 is 0 Å². The lowest BCUT2D eigenvalue weighted by Gasteiger charge is -2.20. The third-order valence-corrected chi connectivity index (χ3v) is 4.32. The lowest BCUT2D eigenvalue weighted by Crippen LogP contribution is -2.21. The fourth-order valence-electron chi connectivity index (χ4n) is 2.99. The Morgan fingerprint density at radius 1 is 0.643 bits per heavy atom. The van der Waals surface area contributed by atoms with Crippen molar-refractivity contribution in [2.75, 3.05) is 19.8 Å². The Labute approximate surface area is 164 Å². The fraction of sp³-hybridized carbons (Fsp3) is 0.526. The summed E-state index contributed by atoms with van der Waals surface area (Å²) in [5, 5.41) is 0. The van der Waals surface area contributed by atoms with Crippen molar-refractivity contribution in [2.45, 2.75) is 46.9 Å². The van der Waals surface area contributed by atoms with Gasteiger partial charge in [-0.1, -0.05) is 0 Å². The highest BCUT2D eigenvalue weighted by Crippen LogP contribution is 2.29. The van der Waals surface area contributed by atoms with Crippen molar-refractivity contribution < 1.29 is 14.2 Å². The quantitative estimate of drug-likeness (QED) is 0.474. The normalized spacial score (nSPS) is 11.6. The van der Waals surface area contributed by atoms with Gasteiger partial charge in [-0.15, -0.1) is 0 Å². The third-order valence-electron chi connectivity index (χ3n) is 4.32. The molecule has 3 heterocycles. The van der Waals surface area contributed by atoms with E-state index in [0.29, 0.717) is 40.0 Å². The molecule has 0 amide bonds. The van der Waals surface area contributed by atoms with Crippen LogP contribution >= 0.6 is 0 Å². The van der Waals surface area contributed by atoms with Gasteiger partial charge in [0.05, 0.1) is 0 Å². The lowest BCUT2D eigenvalue weighted by molar-refractivity contribution is 0.0796. The Bertz CT molecular complexity index is 730. The van der Waals surface area contributed by atoms with E-state index >= 15 is 0 Å². The first kappa shape index (κ1) is 20.2. The van der Waals surface area contributed by atoms with Crippen molar-refractivity contribution in [2.24, 2.45) is 0 Å². The maximum atomic E-state index is 5.61. The van der Waals surface area contributed by atoms with Crippen LogP contribution in [0.25, 0.3) is 0 Å². The van der Waals surface area contributed by atoms with Crippen LogP contribution in [0.5, 0.6) is 0 Å². The molecule has 0 unspecified atom stereocenters. The molecular weight excluding hydrogens is 360 g/mol. The molecule has 0 aromatic carbocycles. The van der Waals surface area contributed by atoms with Crippen molar-refractivity contribution in [1.82, 2.24) is 28.7 Å². The van der Waals surface area contributed by atoms with Gasteiger partial charge >= 0.3 is 0 Å². The summed E-state index contributed by atoms with van der Waals surface area (Å²) in [4.78, 5) is 13.9. The summed E-state index contributed by atoms with van der Waals surface area (Å²) in [6.07, 6.45) is 11.0. The van der Waals surface area contributed by atoms with Gasteiger partial charge in [0.2, 0.25) is 0 Å². The van der Waals surface area contributed by atoms with E-state index in [1.807, 2.05) is 53.1 Å². The van der Waals surface area contributed by atoms with Gasteiger partial charge in [0.1, 0.15) is 43.6 Å². The van der Waals surface area contributed by atoms with Crippen LogP contribution in [0.3, 0.4) is 0 Å². The Morgan fingerprint density at radius 2 is 0.964 bits per heavy atom. The predicted molar refractivity (Wildman–Crippen MR) is 103 cm³/mol.